The summed E-state index contributed by atoms with van der Waals surface area (Å²) in [4.78, 5) is 8.82. The smallest absolute Gasteiger partial charge is 0.223 e. The van der Waals surface area contributed by atoms with Gasteiger partial charge >= 0.3 is 0 Å². The van der Waals surface area contributed by atoms with Crippen LogP contribution >= 0.6 is 0 Å². The van der Waals surface area contributed by atoms with Crippen LogP contribution in [0, 0.1) is 6.92 Å². The molecule has 2 heterocycles. The van der Waals surface area contributed by atoms with E-state index in [4.69, 9.17) is 4.42 Å². The van der Waals surface area contributed by atoms with E-state index in [1.165, 1.54) is 0 Å². The summed E-state index contributed by atoms with van der Waals surface area (Å²) < 4.78 is 5.25. The van der Waals surface area contributed by atoms with Crippen LogP contribution in [0.1, 0.15) is 36.9 Å². The first-order valence-corrected chi connectivity index (χ1v) is 5.77. The van der Waals surface area contributed by atoms with Crippen molar-refractivity contribution in [3.05, 3.63) is 41.6 Å². The Balaban J connectivity index is 2.10. The molecule has 0 unspecified atom stereocenters. The zero-order valence-corrected chi connectivity index (χ0v) is 10.4. The van der Waals surface area contributed by atoms with Gasteiger partial charge in [0.1, 0.15) is 5.76 Å². The van der Waals surface area contributed by atoms with Gasteiger partial charge in [0, 0.05) is 11.4 Å². The number of nitrogens with one attached hydrogen (secondary N) is 1. The highest BCUT2D eigenvalue weighted by molar-refractivity contribution is 5.29. The van der Waals surface area contributed by atoms with Crippen LogP contribution in [0.15, 0.2) is 28.9 Å². The molecular formula is C13H17N3O. The van der Waals surface area contributed by atoms with Crippen LogP contribution < -0.4 is 5.32 Å². The van der Waals surface area contributed by atoms with E-state index in [1.54, 1.807) is 6.26 Å². The second kappa shape index (κ2) is 4.99. The molecule has 2 aromatic heterocycles. The lowest BCUT2D eigenvalue weighted by atomic mass is 10.1. The predicted octanol–water partition coefficient (Wildman–Crippen LogP) is 3.11. The summed E-state index contributed by atoms with van der Waals surface area (Å²) >= 11 is 0. The Morgan fingerprint density at radius 1 is 1.35 bits per heavy atom. The van der Waals surface area contributed by atoms with E-state index in [9.17, 15) is 0 Å². The average molecular weight is 231 g/mol. The largest absolute Gasteiger partial charge is 0.467 e. The molecule has 0 saturated heterocycles. The Labute approximate surface area is 101 Å². The van der Waals surface area contributed by atoms with Crippen molar-refractivity contribution in [3.8, 4) is 0 Å². The molecule has 90 valence electrons. The maximum atomic E-state index is 5.25. The first-order chi connectivity index (χ1) is 8.15. The maximum absolute atomic E-state index is 5.25. The number of hydrogen-bond acceptors (Lipinski definition) is 4. The molecule has 4 nitrogen and oxygen atoms in total. The molecule has 0 aromatic carbocycles. The number of anilines is 1. The van der Waals surface area contributed by atoms with Gasteiger partial charge in [-0.15, -0.1) is 0 Å². The summed E-state index contributed by atoms with van der Waals surface area (Å²) in [6.07, 6.45) is 1.66. The van der Waals surface area contributed by atoms with Gasteiger partial charge in [-0.25, -0.2) is 9.97 Å². The Morgan fingerprint density at radius 2 is 2.18 bits per heavy atom. The minimum Gasteiger partial charge on any atom is -0.467 e. The third kappa shape index (κ3) is 3.06. The Kier molecular flexibility index (Phi) is 3.42. The number of aryl methyl sites for hydroxylation is 1. The first kappa shape index (κ1) is 11.6. The van der Waals surface area contributed by atoms with Crippen LogP contribution in [0.4, 0.5) is 5.95 Å². The zero-order chi connectivity index (χ0) is 12.3. The molecule has 0 aliphatic heterocycles. The minimum atomic E-state index is 0.404. The molecule has 0 aliphatic carbocycles. The second-order valence-electron chi connectivity index (χ2n) is 4.35. The fraction of sp³-hybridized carbons (Fsp3) is 0.385. The van der Waals surface area contributed by atoms with Crippen molar-refractivity contribution in [2.75, 3.05) is 5.32 Å². The molecule has 1 N–H and O–H groups in total. The fourth-order valence-electron chi connectivity index (χ4n) is 1.55. The van der Waals surface area contributed by atoms with Gasteiger partial charge in [-0.2, -0.15) is 0 Å². The molecule has 4 heteroatoms. The van der Waals surface area contributed by atoms with Gasteiger partial charge < -0.3 is 9.73 Å². The zero-order valence-electron chi connectivity index (χ0n) is 10.4. The number of hydrogen-bond donors (Lipinski definition) is 1. The molecule has 0 saturated carbocycles. The number of furan rings is 1. The third-order valence-corrected chi connectivity index (χ3v) is 2.47. The Bertz CT molecular complexity index is 477. The number of rotatable bonds is 4. The Morgan fingerprint density at radius 3 is 2.82 bits per heavy atom. The van der Waals surface area contributed by atoms with Gasteiger partial charge in [-0.1, -0.05) is 13.8 Å². The van der Waals surface area contributed by atoms with Crippen molar-refractivity contribution in [1.82, 2.24) is 9.97 Å². The maximum Gasteiger partial charge on any atom is 0.223 e. The minimum absolute atomic E-state index is 0.404. The predicted molar refractivity (Wildman–Crippen MR) is 66.9 cm³/mol. The average Bonchev–Trinajstić information content (AvgIpc) is 2.78. The van der Waals surface area contributed by atoms with Gasteiger partial charge in [0.15, 0.2) is 0 Å². The fourth-order valence-corrected chi connectivity index (χ4v) is 1.55. The van der Waals surface area contributed by atoms with E-state index in [0.717, 1.165) is 17.1 Å². The summed E-state index contributed by atoms with van der Waals surface area (Å²) in [5.74, 6) is 1.94. The van der Waals surface area contributed by atoms with Crippen molar-refractivity contribution in [1.29, 1.82) is 0 Å². The topological polar surface area (TPSA) is 51.0 Å². The molecular weight excluding hydrogens is 214 g/mol. The molecule has 0 atom stereocenters. The molecule has 2 aromatic rings. The van der Waals surface area contributed by atoms with Gasteiger partial charge in [-0.05, 0) is 31.0 Å². The molecule has 2 rings (SSSR count). The summed E-state index contributed by atoms with van der Waals surface area (Å²) in [7, 11) is 0. The highest BCUT2D eigenvalue weighted by Gasteiger charge is 2.06. The van der Waals surface area contributed by atoms with Crippen molar-refractivity contribution < 1.29 is 4.42 Å². The van der Waals surface area contributed by atoms with Crippen LogP contribution in [0.3, 0.4) is 0 Å². The van der Waals surface area contributed by atoms with Gasteiger partial charge in [0.05, 0.1) is 12.8 Å². The van der Waals surface area contributed by atoms with Gasteiger partial charge in [0.25, 0.3) is 0 Å². The van der Waals surface area contributed by atoms with E-state index in [-0.39, 0.29) is 0 Å². The summed E-state index contributed by atoms with van der Waals surface area (Å²) in [5, 5.41) is 3.17. The van der Waals surface area contributed by atoms with Gasteiger partial charge in [-0.3, -0.25) is 0 Å². The molecule has 0 amide bonds. The molecule has 0 aliphatic rings. The number of aromatic nitrogens is 2. The Hall–Kier alpha value is -1.84. The second-order valence-corrected chi connectivity index (χ2v) is 4.35. The van der Waals surface area contributed by atoms with Crippen LogP contribution in [0.2, 0.25) is 0 Å². The third-order valence-electron chi connectivity index (χ3n) is 2.47. The van der Waals surface area contributed by atoms with Crippen molar-refractivity contribution in [2.45, 2.75) is 33.2 Å². The molecule has 0 radical (unpaired) electrons. The lowest BCUT2D eigenvalue weighted by Gasteiger charge is -2.09. The lowest BCUT2D eigenvalue weighted by Crippen LogP contribution is -2.06. The molecule has 0 spiro atoms. The molecule has 0 fully saturated rings. The molecule has 17 heavy (non-hydrogen) atoms. The summed E-state index contributed by atoms with van der Waals surface area (Å²) in [6, 6.07) is 5.81. The quantitative estimate of drug-likeness (QED) is 0.878. The van der Waals surface area contributed by atoms with Gasteiger partial charge in [0.2, 0.25) is 5.95 Å². The monoisotopic (exact) mass is 231 g/mol. The van der Waals surface area contributed by atoms with Crippen molar-refractivity contribution >= 4 is 5.95 Å². The van der Waals surface area contributed by atoms with Crippen LogP contribution in [-0.2, 0) is 6.54 Å². The summed E-state index contributed by atoms with van der Waals surface area (Å²) in [6.45, 7) is 6.83. The van der Waals surface area contributed by atoms with E-state index in [0.29, 0.717) is 18.4 Å². The standard InChI is InChI=1S/C13H17N3O/c1-9(2)12-7-10(3)15-13(16-12)14-8-11-5-4-6-17-11/h4-7,9H,8H2,1-3H3,(H,14,15,16). The van der Waals surface area contributed by atoms with Crippen LogP contribution in [0.25, 0.3) is 0 Å². The van der Waals surface area contributed by atoms with E-state index in [1.807, 2.05) is 25.1 Å². The first-order valence-electron chi connectivity index (χ1n) is 5.77. The molecule has 0 bridgehead atoms. The van der Waals surface area contributed by atoms with Crippen LogP contribution in [0.5, 0.6) is 0 Å². The lowest BCUT2D eigenvalue weighted by molar-refractivity contribution is 0.517. The van der Waals surface area contributed by atoms with E-state index in [2.05, 4.69) is 29.1 Å². The van der Waals surface area contributed by atoms with Crippen molar-refractivity contribution in [2.24, 2.45) is 0 Å². The van der Waals surface area contributed by atoms with E-state index < -0.39 is 0 Å². The van der Waals surface area contributed by atoms with Crippen molar-refractivity contribution in [3.63, 3.8) is 0 Å². The summed E-state index contributed by atoms with van der Waals surface area (Å²) in [5.41, 5.74) is 2.03. The normalized spacial score (nSPS) is 10.8. The van der Waals surface area contributed by atoms with Crippen LogP contribution in [-0.4, -0.2) is 9.97 Å². The highest BCUT2D eigenvalue weighted by atomic mass is 16.3. The number of nitrogens with zero attached hydrogens (tertiary/aromatic N) is 2. The van der Waals surface area contributed by atoms with E-state index >= 15 is 0 Å². The SMILES string of the molecule is Cc1cc(C(C)C)nc(NCc2ccco2)n1. The highest BCUT2D eigenvalue weighted by Crippen LogP contribution is 2.14.